The Morgan fingerprint density at radius 2 is 1.63 bits per heavy atom. The molecule has 2 aromatic rings. The summed E-state index contributed by atoms with van der Waals surface area (Å²) in [6.45, 7) is 20.9. The number of carbonyl (C=O) groups excluding carboxylic acids is 6. The van der Waals surface area contributed by atoms with E-state index < -0.39 is 70.7 Å². The van der Waals surface area contributed by atoms with Gasteiger partial charge in [0.15, 0.2) is 0 Å². The van der Waals surface area contributed by atoms with Crippen LogP contribution in [0.5, 0.6) is 0 Å². The second kappa shape index (κ2) is 20.1. The molecule has 1 aromatic carbocycles. The third kappa shape index (κ3) is 12.2. The van der Waals surface area contributed by atoms with E-state index in [0.29, 0.717) is 30.8 Å². The fourth-order valence-electron chi connectivity index (χ4n) is 7.69. The highest BCUT2D eigenvalue weighted by Gasteiger charge is 2.44. The molecule has 2 aliphatic heterocycles. The summed E-state index contributed by atoms with van der Waals surface area (Å²) in [7, 11) is 0. The summed E-state index contributed by atoms with van der Waals surface area (Å²) in [5, 5.41) is 17.9. The lowest BCUT2D eigenvalue weighted by molar-refractivity contribution is -0.140. The van der Waals surface area contributed by atoms with Crippen LogP contribution in [0.25, 0.3) is 0 Å². The van der Waals surface area contributed by atoms with Crippen LogP contribution in [0, 0.1) is 22.7 Å². The number of hydrogen-bond acceptors (Lipinski definition) is 10. The van der Waals surface area contributed by atoms with Crippen LogP contribution in [0.2, 0.25) is 0 Å². The van der Waals surface area contributed by atoms with Gasteiger partial charge in [-0.1, -0.05) is 106 Å². The SMILES string of the molecule is CCCC(=O)C[C@@H](NC(=O)[C@H](NC(=O)[C@H](NC1=NCC(=O)N2CC[C@H](C)[C@@H]2C(=O)N[C@H](C(C)C)C(=O)N[C@@H]1C(C)(C)C)C(C)(C)C)[C@@H](C)c1ccccc1)c1nccs1. The molecule has 2 aliphatic rings. The fourth-order valence-corrected chi connectivity index (χ4v) is 8.38. The Morgan fingerprint density at radius 1 is 0.949 bits per heavy atom. The normalized spacial score (nSPS) is 22.7. The predicted octanol–water partition coefficient (Wildman–Crippen LogP) is 4.67. The lowest BCUT2D eigenvalue weighted by atomic mass is 9.82. The van der Waals surface area contributed by atoms with Crippen molar-refractivity contribution in [2.24, 2.45) is 27.7 Å². The van der Waals surface area contributed by atoms with Crippen molar-refractivity contribution in [2.75, 3.05) is 13.1 Å². The number of Topliss-reactive ketones (excluding diaryl/α,β-unsaturated/α-hetero) is 1. The maximum Gasteiger partial charge on any atom is 0.244 e. The van der Waals surface area contributed by atoms with Crippen LogP contribution in [0.4, 0.5) is 0 Å². The van der Waals surface area contributed by atoms with E-state index in [1.54, 1.807) is 16.5 Å². The molecule has 1 saturated heterocycles. The van der Waals surface area contributed by atoms with E-state index >= 15 is 0 Å². The van der Waals surface area contributed by atoms with Gasteiger partial charge in [-0.25, -0.2) is 4.98 Å². The fraction of sp³-hybridized carbons (Fsp3) is 0.636. The summed E-state index contributed by atoms with van der Waals surface area (Å²) in [5.74, 6) is -2.78. The van der Waals surface area contributed by atoms with Crippen LogP contribution in [0.3, 0.4) is 0 Å². The molecule has 1 fully saturated rings. The van der Waals surface area contributed by atoms with Gasteiger partial charge in [-0.3, -0.25) is 33.8 Å². The summed E-state index contributed by atoms with van der Waals surface area (Å²) in [5.41, 5.74) is -0.655. The third-order valence-corrected chi connectivity index (χ3v) is 12.1. The zero-order valence-electron chi connectivity index (χ0n) is 36.7. The molecule has 0 saturated carbocycles. The highest BCUT2D eigenvalue weighted by Crippen LogP contribution is 2.29. The number of thiazole rings is 1. The summed E-state index contributed by atoms with van der Waals surface area (Å²) in [6.07, 6.45) is 3.37. The van der Waals surface area contributed by atoms with E-state index in [1.165, 1.54) is 11.3 Å². The molecule has 5 N–H and O–H groups in total. The van der Waals surface area contributed by atoms with Crippen molar-refractivity contribution in [2.45, 2.75) is 144 Å². The van der Waals surface area contributed by atoms with Crippen LogP contribution in [-0.2, 0) is 28.8 Å². The maximum atomic E-state index is 14.8. The van der Waals surface area contributed by atoms with Crippen molar-refractivity contribution >= 4 is 52.5 Å². The van der Waals surface area contributed by atoms with Crippen molar-refractivity contribution in [3.8, 4) is 0 Å². The van der Waals surface area contributed by atoms with E-state index in [9.17, 15) is 28.8 Å². The second-order valence-corrected chi connectivity index (χ2v) is 19.5. The number of hydrogen-bond donors (Lipinski definition) is 5. The number of carbonyl (C=O) groups is 6. The topological polar surface area (TPSA) is 191 Å². The van der Waals surface area contributed by atoms with Crippen LogP contribution in [0.15, 0.2) is 46.9 Å². The standard InChI is InChI=1S/C44H66N8O6S/c1-12-16-29(53)23-30(42-45-20-22-59-42)47-39(56)33(27(5)28-17-14-13-15-18-28)49-41(58)36(44(9,10)11)50-37-35(43(6,7)8)51-38(55)32(25(2)3)48-40(57)34-26(4)19-21-52(34)31(54)24-46-37/h13-15,17-18,20,22,25-27,30,32-36H,12,16,19,21,23-24H2,1-11H3,(H,46,50)(H,47,56)(H,48,57)(H,49,58)(H,51,55)/t26-,27-,30+,32+,33+,34+,35-,36-/m0/s1. The van der Waals surface area contributed by atoms with Gasteiger partial charge in [-0.05, 0) is 41.1 Å². The zero-order valence-corrected chi connectivity index (χ0v) is 37.5. The molecule has 5 amide bonds. The lowest BCUT2D eigenvalue weighted by Gasteiger charge is -2.39. The number of rotatable bonds is 13. The molecule has 59 heavy (non-hydrogen) atoms. The van der Waals surface area contributed by atoms with Crippen molar-refractivity contribution < 1.29 is 28.8 Å². The van der Waals surface area contributed by atoms with Crippen molar-refractivity contribution in [3.63, 3.8) is 0 Å². The minimum absolute atomic E-state index is 0.00433. The Bertz CT molecular complexity index is 1820. The first kappa shape index (κ1) is 47.0. The highest BCUT2D eigenvalue weighted by molar-refractivity contribution is 7.09. The molecule has 0 radical (unpaired) electrons. The third-order valence-electron chi connectivity index (χ3n) is 11.2. The molecular weight excluding hydrogens is 769 g/mol. The minimum Gasteiger partial charge on any atom is -0.360 e. The van der Waals surface area contributed by atoms with Gasteiger partial charge in [-0.2, -0.15) is 0 Å². The van der Waals surface area contributed by atoms with E-state index in [4.69, 9.17) is 4.99 Å². The molecule has 8 atom stereocenters. The summed E-state index contributed by atoms with van der Waals surface area (Å²) < 4.78 is 0. The van der Waals surface area contributed by atoms with Gasteiger partial charge >= 0.3 is 0 Å². The molecule has 3 heterocycles. The van der Waals surface area contributed by atoms with Crippen molar-refractivity contribution in [3.05, 3.63) is 52.5 Å². The predicted molar refractivity (Wildman–Crippen MR) is 230 cm³/mol. The Hall–Kier alpha value is -4.66. The zero-order chi connectivity index (χ0) is 43.8. The highest BCUT2D eigenvalue weighted by atomic mass is 32.1. The first-order valence-electron chi connectivity index (χ1n) is 20.9. The average molecular weight is 835 g/mol. The van der Waals surface area contributed by atoms with Gasteiger partial charge in [-0.15, -0.1) is 11.3 Å². The molecule has 14 nitrogen and oxygen atoms in total. The monoisotopic (exact) mass is 834 g/mol. The van der Waals surface area contributed by atoms with Gasteiger partial charge in [0.2, 0.25) is 29.5 Å². The van der Waals surface area contributed by atoms with E-state index in [2.05, 4.69) is 31.6 Å². The lowest BCUT2D eigenvalue weighted by Crippen LogP contribution is -2.65. The molecule has 0 spiro atoms. The molecule has 0 aliphatic carbocycles. The first-order valence-corrected chi connectivity index (χ1v) is 21.8. The van der Waals surface area contributed by atoms with Gasteiger partial charge in [0.25, 0.3) is 0 Å². The summed E-state index contributed by atoms with van der Waals surface area (Å²) >= 11 is 1.34. The van der Waals surface area contributed by atoms with Gasteiger partial charge in [0.05, 0.1) is 12.1 Å². The van der Waals surface area contributed by atoms with E-state index in [0.717, 1.165) is 5.56 Å². The van der Waals surface area contributed by atoms with Gasteiger partial charge in [0, 0.05) is 36.9 Å². The van der Waals surface area contributed by atoms with E-state index in [1.807, 2.05) is 106 Å². The molecular formula is C44H66N8O6S. The second-order valence-electron chi connectivity index (χ2n) is 18.6. The quantitative estimate of drug-likeness (QED) is 0.192. The Morgan fingerprint density at radius 3 is 2.20 bits per heavy atom. The Balaban J connectivity index is 1.75. The number of nitrogens with zero attached hydrogens (tertiary/aromatic N) is 3. The summed E-state index contributed by atoms with van der Waals surface area (Å²) in [4.78, 5) is 94.6. The van der Waals surface area contributed by atoms with Crippen LogP contribution < -0.4 is 26.6 Å². The average Bonchev–Trinajstić information content (AvgIpc) is 3.84. The van der Waals surface area contributed by atoms with Crippen LogP contribution in [0.1, 0.15) is 124 Å². The number of aliphatic imine (C=N–C) groups is 1. The van der Waals surface area contributed by atoms with Crippen LogP contribution in [-0.4, -0.2) is 94.3 Å². The molecule has 1 aromatic heterocycles. The molecule has 15 heteroatoms. The largest absolute Gasteiger partial charge is 0.360 e. The molecule has 0 unspecified atom stereocenters. The number of amides is 5. The smallest absolute Gasteiger partial charge is 0.244 e. The summed E-state index contributed by atoms with van der Waals surface area (Å²) in [6, 6.07) is 4.15. The molecule has 324 valence electrons. The Labute approximate surface area is 353 Å². The first-order chi connectivity index (χ1) is 27.6. The van der Waals surface area contributed by atoms with Crippen molar-refractivity contribution in [1.82, 2.24) is 36.5 Å². The Kier molecular flexibility index (Phi) is 16.0. The van der Waals surface area contributed by atoms with E-state index in [-0.39, 0.29) is 48.2 Å². The minimum atomic E-state index is -1.08. The number of aromatic nitrogens is 1. The van der Waals surface area contributed by atoms with Gasteiger partial charge in [0.1, 0.15) is 47.3 Å². The molecule has 4 rings (SSSR count). The number of nitrogens with one attached hydrogen (secondary N) is 5. The number of benzene rings is 1. The number of amidine groups is 1. The molecule has 0 bridgehead atoms. The van der Waals surface area contributed by atoms with Gasteiger partial charge < -0.3 is 31.5 Å². The number of ketones is 1. The maximum absolute atomic E-state index is 14.8. The van der Waals surface area contributed by atoms with Crippen molar-refractivity contribution in [1.29, 1.82) is 0 Å². The number of fused-ring (bicyclic) bond motifs is 1. The van der Waals surface area contributed by atoms with Crippen LogP contribution >= 0.6 is 11.3 Å².